The van der Waals surface area contributed by atoms with E-state index in [9.17, 15) is 0 Å². The largest absolute Gasteiger partial charge is 0.454 e. The van der Waals surface area contributed by atoms with E-state index in [1.54, 1.807) is 0 Å². The molecule has 1 aromatic rings. The van der Waals surface area contributed by atoms with Crippen molar-refractivity contribution in [3.05, 3.63) is 23.8 Å². The fourth-order valence-corrected chi connectivity index (χ4v) is 4.05. The first-order valence-electron chi connectivity index (χ1n) is 9.83. The summed E-state index contributed by atoms with van der Waals surface area (Å²) in [5.74, 6) is 2.47. The Morgan fingerprint density at radius 1 is 1.15 bits per heavy atom. The first kappa shape index (κ1) is 18.4. The molecule has 0 aliphatic carbocycles. The minimum Gasteiger partial charge on any atom is -0.454 e. The third-order valence-electron chi connectivity index (χ3n) is 5.77. The highest BCUT2D eigenvalue weighted by Crippen LogP contribution is 2.40. The molecular weight excluding hydrogens is 346 g/mol. The van der Waals surface area contributed by atoms with Crippen LogP contribution in [0.25, 0.3) is 0 Å². The zero-order chi connectivity index (χ0) is 18.5. The Bertz CT molecular complexity index is 667. The molecule has 3 aliphatic heterocycles. The maximum Gasteiger partial charge on any atom is 0.231 e. The van der Waals surface area contributed by atoms with Gasteiger partial charge < -0.3 is 29.6 Å². The minimum atomic E-state index is -0.0132. The maximum atomic E-state index is 5.69. The fraction of sp³-hybridized carbons (Fsp3) is 0.650. The van der Waals surface area contributed by atoms with E-state index >= 15 is 0 Å². The van der Waals surface area contributed by atoms with E-state index in [-0.39, 0.29) is 11.5 Å². The average molecular weight is 375 g/mol. The lowest BCUT2D eigenvalue weighted by Crippen LogP contribution is -2.49. The molecule has 1 unspecified atom stereocenters. The van der Waals surface area contributed by atoms with Crippen LogP contribution < -0.4 is 20.1 Å². The van der Waals surface area contributed by atoms with Gasteiger partial charge in [-0.25, -0.2) is 0 Å². The molecule has 0 amide bonds. The van der Waals surface area contributed by atoms with Crippen LogP contribution in [0, 0.1) is 0 Å². The van der Waals surface area contributed by atoms with Crippen LogP contribution >= 0.6 is 0 Å². The molecule has 1 aromatic carbocycles. The molecule has 0 radical (unpaired) electrons. The Hall–Kier alpha value is -1.99. The van der Waals surface area contributed by atoms with Gasteiger partial charge in [0.25, 0.3) is 0 Å². The van der Waals surface area contributed by atoms with Crippen LogP contribution in [0.3, 0.4) is 0 Å². The van der Waals surface area contributed by atoms with E-state index in [1.807, 2.05) is 13.1 Å². The molecule has 3 heterocycles. The topological polar surface area (TPSA) is 73.3 Å². The normalized spacial score (nSPS) is 24.0. The van der Waals surface area contributed by atoms with E-state index in [4.69, 9.17) is 18.9 Å². The number of hydrogen-bond donors (Lipinski definition) is 2. The van der Waals surface area contributed by atoms with E-state index in [2.05, 4.69) is 27.8 Å². The van der Waals surface area contributed by atoms with Gasteiger partial charge in [-0.2, -0.15) is 0 Å². The smallest absolute Gasteiger partial charge is 0.231 e. The van der Waals surface area contributed by atoms with Crippen LogP contribution in [0.4, 0.5) is 0 Å². The molecule has 7 heteroatoms. The number of ether oxygens (including phenoxy) is 4. The molecule has 3 aliphatic rings. The second-order valence-electron chi connectivity index (χ2n) is 7.40. The summed E-state index contributed by atoms with van der Waals surface area (Å²) in [7, 11) is 1.81. The summed E-state index contributed by atoms with van der Waals surface area (Å²) in [5.41, 5.74) is 1.25. The molecule has 1 atom stereocenters. The van der Waals surface area contributed by atoms with Crippen LogP contribution in [0.1, 0.15) is 31.2 Å². The van der Waals surface area contributed by atoms with E-state index in [0.29, 0.717) is 6.79 Å². The fourth-order valence-electron chi connectivity index (χ4n) is 4.05. The van der Waals surface area contributed by atoms with Crippen molar-refractivity contribution in [1.82, 2.24) is 10.6 Å². The van der Waals surface area contributed by atoms with Crippen LogP contribution in [-0.4, -0.2) is 58.8 Å². The summed E-state index contributed by atoms with van der Waals surface area (Å²) in [4.78, 5) is 4.38. The highest BCUT2D eigenvalue weighted by molar-refractivity contribution is 5.79. The Balaban J connectivity index is 1.43. The maximum absolute atomic E-state index is 5.69. The lowest BCUT2D eigenvalue weighted by atomic mass is 9.74. The highest BCUT2D eigenvalue weighted by Gasteiger charge is 2.36. The first-order chi connectivity index (χ1) is 13.3. The van der Waals surface area contributed by atoms with Crippen molar-refractivity contribution in [3.8, 4) is 11.5 Å². The van der Waals surface area contributed by atoms with Crippen molar-refractivity contribution < 1.29 is 18.9 Å². The van der Waals surface area contributed by atoms with E-state index < -0.39 is 0 Å². The van der Waals surface area contributed by atoms with Crippen LogP contribution in [0.5, 0.6) is 11.5 Å². The molecule has 2 fully saturated rings. The second kappa shape index (κ2) is 8.35. The van der Waals surface area contributed by atoms with Gasteiger partial charge >= 0.3 is 0 Å². The molecule has 7 nitrogen and oxygen atoms in total. The van der Waals surface area contributed by atoms with Crippen LogP contribution in [-0.2, 0) is 14.9 Å². The van der Waals surface area contributed by atoms with Gasteiger partial charge in [0.2, 0.25) is 6.79 Å². The number of rotatable bonds is 5. The number of nitrogens with zero attached hydrogens (tertiary/aromatic N) is 1. The Kier molecular flexibility index (Phi) is 5.69. The summed E-state index contributed by atoms with van der Waals surface area (Å²) in [6, 6.07) is 6.29. The summed E-state index contributed by atoms with van der Waals surface area (Å²) in [5, 5.41) is 6.93. The van der Waals surface area contributed by atoms with Gasteiger partial charge in [-0.1, -0.05) is 6.07 Å². The van der Waals surface area contributed by atoms with E-state index in [0.717, 1.165) is 76.1 Å². The van der Waals surface area contributed by atoms with Gasteiger partial charge in [0.15, 0.2) is 17.5 Å². The zero-order valence-electron chi connectivity index (χ0n) is 16.0. The number of guanidine groups is 1. The molecule has 148 valence electrons. The third kappa shape index (κ3) is 4.14. The molecule has 0 saturated carbocycles. The average Bonchev–Trinajstić information content (AvgIpc) is 3.40. The number of benzene rings is 1. The van der Waals surface area contributed by atoms with Gasteiger partial charge in [-0.3, -0.25) is 4.99 Å². The molecule has 0 spiro atoms. The predicted molar refractivity (Wildman–Crippen MR) is 103 cm³/mol. The molecule has 2 saturated heterocycles. The van der Waals surface area contributed by atoms with Crippen molar-refractivity contribution in [3.63, 3.8) is 0 Å². The van der Waals surface area contributed by atoms with Crippen molar-refractivity contribution in [1.29, 1.82) is 0 Å². The van der Waals surface area contributed by atoms with Gasteiger partial charge in [-0.05, 0) is 43.4 Å². The standard InChI is InChI=1S/C20H29N3O4/c1-21-19(22-12-16-3-2-8-25-16)23-13-20(6-9-24-10-7-20)15-4-5-17-18(11-15)27-14-26-17/h4-5,11,16H,2-3,6-10,12-14H2,1H3,(H2,21,22,23). The molecular formula is C20H29N3O4. The molecule has 0 aromatic heterocycles. The number of fused-ring (bicyclic) bond motifs is 1. The quantitative estimate of drug-likeness (QED) is 0.604. The van der Waals surface area contributed by atoms with Crippen molar-refractivity contribution in [2.24, 2.45) is 4.99 Å². The molecule has 2 N–H and O–H groups in total. The predicted octanol–water partition coefficient (Wildman–Crippen LogP) is 1.81. The molecule has 0 bridgehead atoms. The third-order valence-corrected chi connectivity index (χ3v) is 5.77. The van der Waals surface area contributed by atoms with E-state index in [1.165, 1.54) is 5.56 Å². The Labute approximate surface area is 160 Å². The van der Waals surface area contributed by atoms with Crippen molar-refractivity contribution in [2.45, 2.75) is 37.2 Å². The van der Waals surface area contributed by atoms with Crippen LogP contribution in [0.15, 0.2) is 23.2 Å². The zero-order valence-corrected chi connectivity index (χ0v) is 16.0. The summed E-state index contributed by atoms with van der Waals surface area (Å²) in [6.45, 7) is 4.27. The minimum absolute atomic E-state index is 0.0132. The number of aliphatic imine (C=N–C) groups is 1. The van der Waals surface area contributed by atoms with Gasteiger partial charge in [0.05, 0.1) is 6.10 Å². The lowest BCUT2D eigenvalue weighted by molar-refractivity contribution is 0.0513. The summed E-state index contributed by atoms with van der Waals surface area (Å²) >= 11 is 0. The Morgan fingerprint density at radius 3 is 2.78 bits per heavy atom. The Morgan fingerprint density at radius 2 is 2.00 bits per heavy atom. The second-order valence-corrected chi connectivity index (χ2v) is 7.40. The SMILES string of the molecule is CN=C(NCC1CCCO1)NCC1(c2ccc3c(c2)OCO3)CCOCC1. The number of hydrogen-bond acceptors (Lipinski definition) is 5. The van der Waals surface area contributed by atoms with Gasteiger partial charge in [-0.15, -0.1) is 0 Å². The van der Waals surface area contributed by atoms with Crippen LogP contribution in [0.2, 0.25) is 0 Å². The molecule has 4 rings (SSSR count). The monoisotopic (exact) mass is 375 g/mol. The molecule has 27 heavy (non-hydrogen) atoms. The van der Waals surface area contributed by atoms with Crippen molar-refractivity contribution in [2.75, 3.05) is 46.8 Å². The summed E-state index contributed by atoms with van der Waals surface area (Å²) in [6.07, 6.45) is 4.47. The first-order valence-corrected chi connectivity index (χ1v) is 9.83. The summed E-state index contributed by atoms with van der Waals surface area (Å²) < 4.78 is 22.4. The highest BCUT2D eigenvalue weighted by atomic mass is 16.7. The van der Waals surface area contributed by atoms with Gasteiger partial charge in [0.1, 0.15) is 0 Å². The van der Waals surface area contributed by atoms with Crippen molar-refractivity contribution >= 4 is 5.96 Å². The number of nitrogens with one attached hydrogen (secondary N) is 2. The lowest BCUT2D eigenvalue weighted by Gasteiger charge is -2.38. The van der Waals surface area contributed by atoms with Gasteiger partial charge in [0, 0.05) is 45.4 Å².